The molecule has 1 aromatic rings. The van der Waals surface area contributed by atoms with Crippen LogP contribution in [-0.2, 0) is 16.0 Å². The van der Waals surface area contributed by atoms with Gasteiger partial charge in [-0.05, 0) is 6.42 Å². The molecule has 0 aliphatic heterocycles. The van der Waals surface area contributed by atoms with Crippen LogP contribution in [0.25, 0.3) is 0 Å². The number of aryl methyl sites for hydroxylation is 1. The summed E-state index contributed by atoms with van der Waals surface area (Å²) in [5.74, 6) is -0.455. The molecule has 6 nitrogen and oxygen atoms in total. The molecule has 0 saturated carbocycles. The highest BCUT2D eigenvalue weighted by Crippen LogP contribution is 2.16. The first-order chi connectivity index (χ1) is 8.82. The van der Waals surface area contributed by atoms with Crippen LogP contribution in [0.15, 0.2) is 0 Å². The van der Waals surface area contributed by atoms with Crippen LogP contribution >= 0.6 is 11.3 Å². The lowest BCUT2D eigenvalue weighted by molar-refractivity contribution is -0.130. The van der Waals surface area contributed by atoms with E-state index in [9.17, 15) is 9.59 Å². The molecule has 1 aromatic heterocycles. The Morgan fingerprint density at radius 1 is 1.26 bits per heavy atom. The van der Waals surface area contributed by atoms with Crippen LogP contribution in [-0.4, -0.2) is 28.6 Å². The van der Waals surface area contributed by atoms with Crippen LogP contribution in [0.1, 0.15) is 39.1 Å². The number of carbonyl (C=O) groups is 2. The number of carbonyl (C=O) groups excluding carboxylic acids is 2. The molecule has 0 unspecified atom stereocenters. The van der Waals surface area contributed by atoms with E-state index in [0.29, 0.717) is 5.13 Å². The number of aromatic nitrogens is 2. The fourth-order valence-electron chi connectivity index (χ4n) is 1.21. The van der Waals surface area contributed by atoms with Gasteiger partial charge in [0, 0.05) is 11.8 Å². The number of amides is 2. The Kier molecular flexibility index (Phi) is 5.41. The van der Waals surface area contributed by atoms with Crippen LogP contribution < -0.4 is 10.6 Å². The standard InChI is InChI=1S/C12H20N4O2S/c1-5-6-9-15-16-11(19-9)14-8(17)7-13-10(18)12(2,3)4/h5-7H2,1-4H3,(H,13,18)(H,14,16,17). The molecule has 0 aromatic carbocycles. The van der Waals surface area contributed by atoms with E-state index >= 15 is 0 Å². The van der Waals surface area contributed by atoms with Gasteiger partial charge in [0.15, 0.2) is 0 Å². The molecular weight excluding hydrogens is 264 g/mol. The summed E-state index contributed by atoms with van der Waals surface area (Å²) in [7, 11) is 0. The minimum absolute atomic E-state index is 0.0568. The van der Waals surface area contributed by atoms with Crippen LogP contribution in [0.5, 0.6) is 0 Å². The Balaban J connectivity index is 2.40. The maximum atomic E-state index is 11.6. The van der Waals surface area contributed by atoms with Crippen molar-refractivity contribution >= 4 is 28.3 Å². The topological polar surface area (TPSA) is 84.0 Å². The third kappa shape index (κ3) is 5.34. The van der Waals surface area contributed by atoms with E-state index in [0.717, 1.165) is 17.8 Å². The van der Waals surface area contributed by atoms with Gasteiger partial charge in [-0.3, -0.25) is 14.9 Å². The molecule has 0 fully saturated rings. The van der Waals surface area contributed by atoms with Gasteiger partial charge in [-0.25, -0.2) is 0 Å². The summed E-state index contributed by atoms with van der Waals surface area (Å²) in [6.45, 7) is 7.38. The van der Waals surface area contributed by atoms with Crippen LogP contribution in [0, 0.1) is 5.41 Å². The maximum Gasteiger partial charge on any atom is 0.245 e. The largest absolute Gasteiger partial charge is 0.347 e. The van der Waals surface area contributed by atoms with Crippen molar-refractivity contribution < 1.29 is 9.59 Å². The predicted octanol–water partition coefficient (Wildman–Crippen LogP) is 1.59. The van der Waals surface area contributed by atoms with Crippen molar-refractivity contribution in [1.29, 1.82) is 0 Å². The zero-order valence-corrected chi connectivity index (χ0v) is 12.6. The molecule has 1 heterocycles. The SMILES string of the molecule is CCCc1nnc(NC(=O)CNC(=O)C(C)(C)C)s1. The van der Waals surface area contributed by atoms with E-state index in [-0.39, 0.29) is 18.4 Å². The Bertz CT molecular complexity index is 451. The average molecular weight is 284 g/mol. The average Bonchev–Trinajstić information content (AvgIpc) is 2.72. The van der Waals surface area contributed by atoms with Gasteiger partial charge in [-0.1, -0.05) is 39.0 Å². The van der Waals surface area contributed by atoms with E-state index < -0.39 is 5.41 Å². The smallest absolute Gasteiger partial charge is 0.245 e. The van der Waals surface area contributed by atoms with E-state index in [4.69, 9.17) is 0 Å². The van der Waals surface area contributed by atoms with Crippen molar-refractivity contribution in [2.75, 3.05) is 11.9 Å². The second-order valence-corrected chi connectivity index (χ2v) is 6.29. The highest BCUT2D eigenvalue weighted by molar-refractivity contribution is 7.15. The Morgan fingerprint density at radius 2 is 1.95 bits per heavy atom. The summed E-state index contributed by atoms with van der Waals surface area (Å²) in [4.78, 5) is 23.2. The lowest BCUT2D eigenvalue weighted by atomic mass is 9.96. The third-order valence-corrected chi connectivity index (χ3v) is 3.17. The monoisotopic (exact) mass is 284 g/mol. The van der Waals surface area contributed by atoms with Crippen molar-refractivity contribution in [3.05, 3.63) is 5.01 Å². The molecular formula is C12H20N4O2S. The Morgan fingerprint density at radius 3 is 2.53 bits per heavy atom. The molecule has 0 aliphatic carbocycles. The van der Waals surface area contributed by atoms with E-state index in [1.54, 1.807) is 20.8 Å². The van der Waals surface area contributed by atoms with Crippen LogP contribution in [0.3, 0.4) is 0 Å². The number of rotatable bonds is 5. The first-order valence-electron chi connectivity index (χ1n) is 6.23. The third-order valence-electron chi connectivity index (χ3n) is 2.27. The molecule has 2 N–H and O–H groups in total. The molecule has 19 heavy (non-hydrogen) atoms. The fraction of sp³-hybridized carbons (Fsp3) is 0.667. The molecule has 2 amide bonds. The summed E-state index contributed by atoms with van der Waals surface area (Å²) < 4.78 is 0. The summed E-state index contributed by atoms with van der Waals surface area (Å²) in [6, 6.07) is 0. The number of hydrogen-bond acceptors (Lipinski definition) is 5. The van der Waals surface area contributed by atoms with Crippen molar-refractivity contribution in [2.45, 2.75) is 40.5 Å². The second-order valence-electron chi connectivity index (χ2n) is 5.23. The van der Waals surface area contributed by atoms with Crippen molar-refractivity contribution in [3.8, 4) is 0 Å². The second kappa shape index (κ2) is 6.60. The molecule has 0 saturated heterocycles. The van der Waals surface area contributed by atoms with Crippen LogP contribution in [0.4, 0.5) is 5.13 Å². The summed E-state index contributed by atoms with van der Waals surface area (Å²) >= 11 is 1.36. The van der Waals surface area contributed by atoms with E-state index in [1.165, 1.54) is 11.3 Å². The molecule has 0 aliphatic rings. The normalized spacial score (nSPS) is 11.2. The zero-order chi connectivity index (χ0) is 14.5. The number of hydrogen-bond donors (Lipinski definition) is 2. The van der Waals surface area contributed by atoms with Gasteiger partial charge in [0.2, 0.25) is 16.9 Å². The Hall–Kier alpha value is -1.50. The van der Waals surface area contributed by atoms with E-state index in [1.807, 2.05) is 0 Å². The molecule has 106 valence electrons. The minimum atomic E-state index is -0.503. The molecule has 0 atom stereocenters. The van der Waals surface area contributed by atoms with Gasteiger partial charge in [0.05, 0.1) is 6.54 Å². The van der Waals surface area contributed by atoms with Crippen LogP contribution in [0.2, 0.25) is 0 Å². The molecule has 0 spiro atoms. The van der Waals surface area contributed by atoms with Gasteiger partial charge >= 0.3 is 0 Å². The predicted molar refractivity (Wildman–Crippen MR) is 75.0 cm³/mol. The van der Waals surface area contributed by atoms with Crippen molar-refractivity contribution in [2.24, 2.45) is 5.41 Å². The highest BCUT2D eigenvalue weighted by atomic mass is 32.1. The number of nitrogens with one attached hydrogen (secondary N) is 2. The highest BCUT2D eigenvalue weighted by Gasteiger charge is 2.21. The van der Waals surface area contributed by atoms with Gasteiger partial charge in [0.1, 0.15) is 5.01 Å². The summed E-state index contributed by atoms with van der Waals surface area (Å²) in [5.41, 5.74) is -0.503. The minimum Gasteiger partial charge on any atom is -0.347 e. The lowest BCUT2D eigenvalue weighted by Gasteiger charge is -2.16. The van der Waals surface area contributed by atoms with E-state index in [2.05, 4.69) is 27.8 Å². The zero-order valence-electron chi connectivity index (χ0n) is 11.7. The quantitative estimate of drug-likeness (QED) is 0.860. The van der Waals surface area contributed by atoms with Crippen molar-refractivity contribution in [1.82, 2.24) is 15.5 Å². The number of nitrogens with zero attached hydrogens (tertiary/aromatic N) is 2. The first kappa shape index (κ1) is 15.6. The maximum absolute atomic E-state index is 11.6. The molecule has 0 bridgehead atoms. The summed E-state index contributed by atoms with van der Waals surface area (Å²) in [5, 5.41) is 14.4. The molecule has 7 heteroatoms. The summed E-state index contributed by atoms with van der Waals surface area (Å²) in [6.07, 6.45) is 1.85. The Labute approximate surface area is 117 Å². The lowest BCUT2D eigenvalue weighted by Crippen LogP contribution is -2.39. The van der Waals surface area contributed by atoms with Gasteiger partial charge in [-0.15, -0.1) is 10.2 Å². The van der Waals surface area contributed by atoms with Gasteiger partial charge in [-0.2, -0.15) is 0 Å². The van der Waals surface area contributed by atoms with Gasteiger partial charge in [0.25, 0.3) is 0 Å². The first-order valence-corrected chi connectivity index (χ1v) is 7.05. The fourth-order valence-corrected chi connectivity index (χ4v) is 2.07. The number of anilines is 1. The molecule has 0 radical (unpaired) electrons. The molecule has 1 rings (SSSR count). The van der Waals surface area contributed by atoms with Crippen molar-refractivity contribution in [3.63, 3.8) is 0 Å². The van der Waals surface area contributed by atoms with Gasteiger partial charge < -0.3 is 5.32 Å².